The molecule has 0 bridgehead atoms. The van der Waals surface area contributed by atoms with Crippen LogP contribution in [0, 0.1) is 5.82 Å². The molecule has 5 amide bonds. The molecule has 0 aliphatic carbocycles. The van der Waals surface area contributed by atoms with Gasteiger partial charge in [0.15, 0.2) is 6.61 Å². The molecule has 11 heteroatoms. The zero-order chi connectivity index (χ0) is 26.5. The molecule has 4 rings (SSSR count). The largest absolute Gasteiger partial charge is 0.495 e. The summed E-state index contributed by atoms with van der Waals surface area (Å²) in [6.07, 6.45) is 1.25. The maximum absolute atomic E-state index is 13.3. The molecule has 9 nitrogen and oxygen atoms in total. The Kier molecular flexibility index (Phi) is 7.49. The number of hydrogen-bond acceptors (Lipinski definition) is 6. The van der Waals surface area contributed by atoms with E-state index < -0.39 is 29.6 Å². The number of imide groups is 2. The van der Waals surface area contributed by atoms with Crippen LogP contribution in [0.2, 0.25) is 5.02 Å². The van der Waals surface area contributed by atoms with Crippen LogP contribution in [0.15, 0.2) is 72.3 Å². The van der Waals surface area contributed by atoms with Gasteiger partial charge < -0.3 is 14.8 Å². The molecule has 0 radical (unpaired) electrons. The summed E-state index contributed by atoms with van der Waals surface area (Å²) in [5.41, 5.74) is 0.610. The summed E-state index contributed by atoms with van der Waals surface area (Å²) in [5.74, 6) is -2.08. The van der Waals surface area contributed by atoms with Crippen LogP contribution in [-0.2, 0) is 14.4 Å². The highest BCUT2D eigenvalue weighted by molar-refractivity contribution is 6.39. The van der Waals surface area contributed by atoms with Crippen LogP contribution < -0.4 is 25.0 Å². The lowest BCUT2D eigenvalue weighted by molar-refractivity contribution is -0.122. The predicted molar refractivity (Wildman–Crippen MR) is 134 cm³/mol. The Morgan fingerprint density at radius 2 is 1.78 bits per heavy atom. The van der Waals surface area contributed by atoms with Crippen molar-refractivity contribution in [1.29, 1.82) is 0 Å². The van der Waals surface area contributed by atoms with Crippen molar-refractivity contribution in [3.63, 3.8) is 0 Å². The molecule has 1 aliphatic heterocycles. The van der Waals surface area contributed by atoms with Crippen LogP contribution in [0.5, 0.6) is 11.5 Å². The van der Waals surface area contributed by atoms with E-state index in [2.05, 4.69) is 10.6 Å². The molecule has 1 heterocycles. The Bertz CT molecular complexity index is 1420. The molecule has 1 fully saturated rings. The van der Waals surface area contributed by atoms with Crippen LogP contribution in [0.25, 0.3) is 6.08 Å². The SMILES string of the molecule is COc1ccccc1NC(=O)COc1ccc(/C=C2\C(=O)NC(=O)N(c3ccc(F)cc3)C2=O)cc1Cl. The smallest absolute Gasteiger partial charge is 0.335 e. The van der Waals surface area contributed by atoms with E-state index in [0.717, 1.165) is 17.0 Å². The Morgan fingerprint density at radius 3 is 2.49 bits per heavy atom. The fourth-order valence-electron chi connectivity index (χ4n) is 3.45. The fraction of sp³-hybridized carbons (Fsp3) is 0.0769. The number of ether oxygens (including phenoxy) is 2. The van der Waals surface area contributed by atoms with E-state index >= 15 is 0 Å². The number of carbonyl (C=O) groups excluding carboxylic acids is 4. The average molecular weight is 524 g/mol. The lowest BCUT2D eigenvalue weighted by Crippen LogP contribution is -2.54. The van der Waals surface area contributed by atoms with Gasteiger partial charge in [0.05, 0.1) is 23.5 Å². The van der Waals surface area contributed by atoms with E-state index in [1.807, 2.05) is 0 Å². The first kappa shape index (κ1) is 25.4. The quantitative estimate of drug-likeness (QED) is 0.355. The van der Waals surface area contributed by atoms with Crippen molar-refractivity contribution in [1.82, 2.24) is 5.32 Å². The van der Waals surface area contributed by atoms with Gasteiger partial charge in [-0.1, -0.05) is 29.8 Å². The number of barbiturate groups is 1. The van der Waals surface area contributed by atoms with E-state index in [9.17, 15) is 23.6 Å². The Balaban J connectivity index is 1.47. The van der Waals surface area contributed by atoms with Gasteiger partial charge in [0, 0.05) is 0 Å². The number of urea groups is 1. The first-order chi connectivity index (χ1) is 17.8. The summed E-state index contributed by atoms with van der Waals surface area (Å²) >= 11 is 6.28. The monoisotopic (exact) mass is 523 g/mol. The predicted octanol–water partition coefficient (Wildman–Crippen LogP) is 4.17. The maximum atomic E-state index is 13.3. The van der Waals surface area contributed by atoms with Crippen molar-refractivity contribution >= 4 is 52.8 Å². The summed E-state index contributed by atoms with van der Waals surface area (Å²) < 4.78 is 23.9. The number of nitrogens with one attached hydrogen (secondary N) is 2. The van der Waals surface area contributed by atoms with E-state index in [4.69, 9.17) is 21.1 Å². The normalized spacial score (nSPS) is 14.4. The Hall–Kier alpha value is -4.70. The number of para-hydroxylation sites is 2. The standard InChI is InChI=1S/C26H19ClFN3O6/c1-36-22-5-3-2-4-20(22)29-23(32)14-37-21-11-6-15(13-19(21)27)12-18-24(33)30-26(35)31(25(18)34)17-9-7-16(28)8-10-17/h2-13H,14H2,1H3,(H,29,32)(H,30,33,35)/b18-12+. The molecule has 3 aromatic carbocycles. The number of nitrogens with zero attached hydrogens (tertiary/aromatic N) is 1. The van der Waals surface area contributed by atoms with E-state index in [1.54, 1.807) is 24.3 Å². The highest BCUT2D eigenvalue weighted by Crippen LogP contribution is 2.28. The molecule has 1 saturated heterocycles. The van der Waals surface area contributed by atoms with Gasteiger partial charge >= 0.3 is 6.03 Å². The van der Waals surface area contributed by atoms with Crippen LogP contribution in [-0.4, -0.2) is 37.5 Å². The molecule has 0 unspecified atom stereocenters. The average Bonchev–Trinajstić information content (AvgIpc) is 2.87. The molecule has 3 aromatic rings. The van der Waals surface area contributed by atoms with Gasteiger partial charge in [-0.2, -0.15) is 0 Å². The second-order valence-corrected chi connectivity index (χ2v) is 8.07. The van der Waals surface area contributed by atoms with Crippen LogP contribution in [0.3, 0.4) is 0 Å². The summed E-state index contributed by atoms with van der Waals surface area (Å²) in [7, 11) is 1.49. The number of rotatable bonds is 7. The third-order valence-corrected chi connectivity index (χ3v) is 5.49. The van der Waals surface area contributed by atoms with Crippen LogP contribution >= 0.6 is 11.6 Å². The van der Waals surface area contributed by atoms with Crippen molar-refractivity contribution in [2.45, 2.75) is 0 Å². The number of halogens is 2. The van der Waals surface area contributed by atoms with Crippen molar-refractivity contribution in [2.24, 2.45) is 0 Å². The topological polar surface area (TPSA) is 114 Å². The van der Waals surface area contributed by atoms with E-state index in [0.29, 0.717) is 17.0 Å². The molecule has 0 spiro atoms. The van der Waals surface area contributed by atoms with Gasteiger partial charge in [-0.15, -0.1) is 0 Å². The number of benzene rings is 3. The molecule has 188 valence electrons. The van der Waals surface area contributed by atoms with E-state index in [-0.39, 0.29) is 28.6 Å². The lowest BCUT2D eigenvalue weighted by atomic mass is 10.1. The number of methoxy groups -OCH3 is 1. The lowest BCUT2D eigenvalue weighted by Gasteiger charge is -2.26. The zero-order valence-electron chi connectivity index (χ0n) is 19.3. The van der Waals surface area contributed by atoms with Crippen LogP contribution in [0.1, 0.15) is 5.56 Å². The summed E-state index contributed by atoms with van der Waals surface area (Å²) in [4.78, 5) is 50.5. The molecule has 0 aromatic heterocycles. The Morgan fingerprint density at radius 1 is 1.05 bits per heavy atom. The summed E-state index contributed by atoms with van der Waals surface area (Å²) in [6.45, 7) is -0.339. The third kappa shape index (κ3) is 5.76. The molecular formula is C26H19ClFN3O6. The number of carbonyl (C=O) groups is 4. The molecule has 37 heavy (non-hydrogen) atoms. The van der Waals surface area contributed by atoms with Crippen molar-refractivity contribution in [3.05, 3.63) is 88.7 Å². The maximum Gasteiger partial charge on any atom is 0.335 e. The van der Waals surface area contributed by atoms with Crippen molar-refractivity contribution in [3.8, 4) is 11.5 Å². The minimum Gasteiger partial charge on any atom is -0.495 e. The third-order valence-electron chi connectivity index (χ3n) is 5.19. The highest BCUT2D eigenvalue weighted by Gasteiger charge is 2.36. The first-order valence-electron chi connectivity index (χ1n) is 10.8. The molecule has 2 N–H and O–H groups in total. The number of anilines is 2. The number of amides is 5. The second kappa shape index (κ2) is 10.9. The first-order valence-corrected chi connectivity index (χ1v) is 11.2. The van der Waals surface area contributed by atoms with Gasteiger partial charge in [0.2, 0.25) is 0 Å². The summed E-state index contributed by atoms with van der Waals surface area (Å²) in [5, 5.41) is 4.88. The molecule has 0 atom stereocenters. The van der Waals surface area contributed by atoms with Crippen LogP contribution in [0.4, 0.5) is 20.6 Å². The van der Waals surface area contributed by atoms with Gasteiger partial charge in [0.25, 0.3) is 17.7 Å². The molecular weight excluding hydrogens is 505 g/mol. The van der Waals surface area contributed by atoms with Gasteiger partial charge in [-0.25, -0.2) is 14.1 Å². The molecule has 0 saturated carbocycles. The Labute approximate surface area is 215 Å². The fourth-order valence-corrected chi connectivity index (χ4v) is 3.69. The zero-order valence-corrected chi connectivity index (χ0v) is 20.0. The minimum absolute atomic E-state index is 0.0930. The van der Waals surface area contributed by atoms with Crippen molar-refractivity contribution in [2.75, 3.05) is 23.9 Å². The summed E-state index contributed by atoms with van der Waals surface area (Å²) in [6, 6.07) is 15.0. The van der Waals surface area contributed by atoms with Gasteiger partial charge in [-0.05, 0) is 60.2 Å². The van der Waals surface area contributed by atoms with Gasteiger partial charge in [0.1, 0.15) is 22.9 Å². The van der Waals surface area contributed by atoms with Gasteiger partial charge in [-0.3, -0.25) is 19.7 Å². The second-order valence-electron chi connectivity index (χ2n) is 7.66. The highest BCUT2D eigenvalue weighted by atomic mass is 35.5. The van der Waals surface area contributed by atoms with Crippen molar-refractivity contribution < 1.29 is 33.0 Å². The number of hydrogen-bond donors (Lipinski definition) is 2. The van der Waals surface area contributed by atoms with E-state index in [1.165, 1.54) is 43.5 Å². The molecule has 1 aliphatic rings. The minimum atomic E-state index is -0.952.